The van der Waals surface area contributed by atoms with Gasteiger partial charge in [-0.15, -0.1) is 0 Å². The Morgan fingerprint density at radius 2 is 1.00 bits per heavy atom. The number of hydrogen-bond donors (Lipinski definition) is 1. The van der Waals surface area contributed by atoms with Crippen LogP contribution in [0.5, 0.6) is 0 Å². The van der Waals surface area contributed by atoms with Crippen LogP contribution in [-0.2, 0) is 9.47 Å². The van der Waals surface area contributed by atoms with Gasteiger partial charge >= 0.3 is 6.16 Å². The van der Waals surface area contributed by atoms with E-state index in [2.05, 4.69) is 41.5 Å². The predicted octanol–water partition coefficient (Wildman–Crippen LogP) is 7.73. The van der Waals surface area contributed by atoms with Crippen molar-refractivity contribution in [1.82, 2.24) is 0 Å². The maximum absolute atomic E-state index is 11.6. The number of hydrogen-bond acceptors (Lipinski definition) is 4. The van der Waals surface area contributed by atoms with E-state index >= 15 is 0 Å². The molecule has 2 N–H and O–H groups in total. The van der Waals surface area contributed by atoms with Gasteiger partial charge in [0.05, 0.1) is 13.2 Å². The Morgan fingerprint density at radius 1 is 0.655 bits per heavy atom. The molecule has 0 aromatic heterocycles. The lowest BCUT2D eigenvalue weighted by Gasteiger charge is -2.17. The lowest BCUT2D eigenvalue weighted by molar-refractivity contribution is 0.0316. The largest absolute Gasteiger partial charge is 0.508 e. The molecule has 0 spiro atoms. The van der Waals surface area contributed by atoms with Gasteiger partial charge in [0.1, 0.15) is 0 Å². The standard InChI is InChI=1S/C17H34O3.C8H19N/c1-5-9-11-15(7-3)13-19-17(18)20-14-16(8-4)12-10-6-2;1-3-5-6-8(4-2)7-9/h15-16H,5-14H2,1-4H3;8H,3-7,9H2,1-2H3. The Balaban J connectivity index is 0. The molecule has 0 aliphatic rings. The van der Waals surface area contributed by atoms with Crippen molar-refractivity contribution in [1.29, 1.82) is 0 Å². The van der Waals surface area contributed by atoms with Crippen LogP contribution in [0.15, 0.2) is 0 Å². The number of rotatable bonds is 17. The van der Waals surface area contributed by atoms with Crippen molar-refractivity contribution in [3.05, 3.63) is 0 Å². The summed E-state index contributed by atoms with van der Waals surface area (Å²) in [6, 6.07) is 0. The van der Waals surface area contributed by atoms with Crippen molar-refractivity contribution in [3.63, 3.8) is 0 Å². The first-order valence-electron chi connectivity index (χ1n) is 12.5. The minimum Gasteiger partial charge on any atom is -0.434 e. The molecular formula is C25H53NO3. The molecule has 0 fully saturated rings. The first kappa shape index (κ1) is 30.4. The van der Waals surface area contributed by atoms with Gasteiger partial charge in [0.2, 0.25) is 0 Å². The molecule has 0 rings (SSSR count). The molecule has 0 heterocycles. The van der Waals surface area contributed by atoms with Gasteiger partial charge < -0.3 is 15.2 Å². The van der Waals surface area contributed by atoms with Crippen LogP contribution in [0, 0.1) is 17.8 Å². The molecule has 3 unspecified atom stereocenters. The van der Waals surface area contributed by atoms with Gasteiger partial charge in [-0.2, -0.15) is 0 Å². The number of unbranched alkanes of at least 4 members (excludes halogenated alkanes) is 3. The maximum Gasteiger partial charge on any atom is 0.508 e. The molecule has 0 aliphatic carbocycles. The fraction of sp³-hybridized carbons (Fsp3) is 0.960. The van der Waals surface area contributed by atoms with E-state index in [-0.39, 0.29) is 0 Å². The second-order valence-electron chi connectivity index (χ2n) is 8.36. The average Bonchev–Trinajstić information content (AvgIpc) is 2.75. The molecule has 0 saturated carbocycles. The first-order chi connectivity index (χ1) is 14.0. The molecule has 0 amide bonds. The van der Waals surface area contributed by atoms with Crippen LogP contribution in [0.4, 0.5) is 4.79 Å². The molecule has 3 atom stereocenters. The smallest absolute Gasteiger partial charge is 0.434 e. The monoisotopic (exact) mass is 415 g/mol. The van der Waals surface area contributed by atoms with Gasteiger partial charge in [-0.1, -0.05) is 99.3 Å². The Bertz CT molecular complexity index is 310. The summed E-state index contributed by atoms with van der Waals surface area (Å²) in [4.78, 5) is 11.6. The van der Waals surface area contributed by atoms with Crippen LogP contribution in [-0.4, -0.2) is 25.9 Å². The molecule has 0 saturated heterocycles. The second kappa shape index (κ2) is 23.5. The maximum atomic E-state index is 11.6. The van der Waals surface area contributed by atoms with Gasteiger partial charge in [-0.3, -0.25) is 0 Å². The van der Waals surface area contributed by atoms with Gasteiger partial charge in [-0.25, -0.2) is 4.79 Å². The fourth-order valence-corrected chi connectivity index (χ4v) is 3.19. The van der Waals surface area contributed by atoms with E-state index in [1.165, 1.54) is 51.4 Å². The molecule has 0 aromatic carbocycles. The summed E-state index contributed by atoms with van der Waals surface area (Å²) >= 11 is 0. The van der Waals surface area contributed by atoms with E-state index in [1.54, 1.807) is 0 Å². The summed E-state index contributed by atoms with van der Waals surface area (Å²) in [5.41, 5.74) is 5.52. The predicted molar refractivity (Wildman–Crippen MR) is 126 cm³/mol. The summed E-state index contributed by atoms with van der Waals surface area (Å²) in [7, 11) is 0. The highest BCUT2D eigenvalue weighted by Crippen LogP contribution is 2.15. The lowest BCUT2D eigenvalue weighted by atomic mass is 10.00. The third-order valence-corrected chi connectivity index (χ3v) is 5.84. The Labute approximate surface area is 182 Å². The van der Waals surface area contributed by atoms with Crippen LogP contribution >= 0.6 is 0 Å². The molecule has 0 aliphatic heterocycles. The van der Waals surface area contributed by atoms with E-state index in [9.17, 15) is 4.79 Å². The zero-order valence-electron chi connectivity index (χ0n) is 20.6. The number of ether oxygens (including phenoxy) is 2. The van der Waals surface area contributed by atoms with Crippen LogP contribution in [0.2, 0.25) is 0 Å². The van der Waals surface area contributed by atoms with E-state index in [0.717, 1.165) is 38.1 Å². The highest BCUT2D eigenvalue weighted by molar-refractivity contribution is 5.59. The second-order valence-corrected chi connectivity index (χ2v) is 8.36. The van der Waals surface area contributed by atoms with Crippen molar-refractivity contribution < 1.29 is 14.3 Å². The van der Waals surface area contributed by atoms with Gasteiger partial charge in [0.25, 0.3) is 0 Å². The molecular weight excluding hydrogens is 362 g/mol. The van der Waals surface area contributed by atoms with E-state index in [4.69, 9.17) is 15.2 Å². The zero-order valence-corrected chi connectivity index (χ0v) is 20.6. The van der Waals surface area contributed by atoms with Crippen LogP contribution < -0.4 is 5.73 Å². The normalized spacial score (nSPS) is 13.8. The quantitative estimate of drug-likeness (QED) is 0.247. The number of carbonyl (C=O) groups is 1. The van der Waals surface area contributed by atoms with Gasteiger partial charge in [-0.05, 0) is 43.6 Å². The van der Waals surface area contributed by atoms with E-state index < -0.39 is 6.16 Å². The van der Waals surface area contributed by atoms with Crippen molar-refractivity contribution >= 4 is 6.16 Å². The summed E-state index contributed by atoms with van der Waals surface area (Å²) < 4.78 is 10.5. The summed E-state index contributed by atoms with van der Waals surface area (Å²) in [5, 5.41) is 0. The van der Waals surface area contributed by atoms with Crippen LogP contribution in [0.1, 0.15) is 119 Å². The molecule has 0 bridgehead atoms. The minimum absolute atomic E-state index is 0.476. The van der Waals surface area contributed by atoms with E-state index in [0.29, 0.717) is 25.0 Å². The fourth-order valence-electron chi connectivity index (χ4n) is 3.19. The van der Waals surface area contributed by atoms with Gasteiger partial charge in [0, 0.05) is 0 Å². The van der Waals surface area contributed by atoms with Crippen LogP contribution in [0.25, 0.3) is 0 Å². The van der Waals surface area contributed by atoms with Crippen LogP contribution in [0.3, 0.4) is 0 Å². The highest BCUT2D eigenvalue weighted by Gasteiger charge is 2.13. The molecule has 29 heavy (non-hydrogen) atoms. The lowest BCUT2D eigenvalue weighted by Crippen LogP contribution is -2.18. The average molecular weight is 416 g/mol. The molecule has 176 valence electrons. The van der Waals surface area contributed by atoms with Crippen molar-refractivity contribution in [2.45, 2.75) is 119 Å². The Hall–Kier alpha value is -0.770. The highest BCUT2D eigenvalue weighted by atomic mass is 16.7. The zero-order chi connectivity index (χ0) is 22.3. The SMILES string of the molecule is CCCCC(CC)CN.CCCCC(CC)COC(=O)OCC(CC)CCCC. The molecule has 4 heteroatoms. The third-order valence-electron chi connectivity index (χ3n) is 5.84. The minimum atomic E-state index is -0.491. The number of nitrogens with two attached hydrogens (primary N) is 1. The summed E-state index contributed by atoms with van der Waals surface area (Å²) in [5.74, 6) is 1.74. The van der Waals surface area contributed by atoms with Crippen molar-refractivity contribution in [3.8, 4) is 0 Å². The van der Waals surface area contributed by atoms with Gasteiger partial charge in [0.15, 0.2) is 0 Å². The molecule has 0 aromatic rings. The van der Waals surface area contributed by atoms with Crippen molar-refractivity contribution in [2.75, 3.05) is 19.8 Å². The molecule has 4 nitrogen and oxygen atoms in total. The van der Waals surface area contributed by atoms with Crippen molar-refractivity contribution in [2.24, 2.45) is 23.5 Å². The third kappa shape index (κ3) is 20.3. The molecule has 0 radical (unpaired) electrons. The summed E-state index contributed by atoms with van der Waals surface area (Å²) in [6.45, 7) is 15.0. The topological polar surface area (TPSA) is 61.5 Å². The summed E-state index contributed by atoms with van der Waals surface area (Å²) in [6.07, 6.45) is 13.9. The first-order valence-corrected chi connectivity index (χ1v) is 12.5. The Morgan fingerprint density at radius 3 is 1.28 bits per heavy atom. The van der Waals surface area contributed by atoms with E-state index in [1.807, 2.05) is 0 Å². The number of carbonyl (C=O) groups excluding carboxylic acids is 1. The Kier molecular flexibility index (Phi) is 24.7.